The van der Waals surface area contributed by atoms with E-state index >= 15 is 0 Å². The van der Waals surface area contributed by atoms with Crippen molar-refractivity contribution in [3.63, 3.8) is 0 Å². The third kappa shape index (κ3) is 6.01. The zero-order valence-corrected chi connectivity index (χ0v) is 20.6. The third-order valence-corrected chi connectivity index (χ3v) is 6.11. The Balaban J connectivity index is 1.40. The number of anilines is 1. The molecule has 0 radical (unpaired) electrons. The lowest BCUT2D eigenvalue weighted by Crippen LogP contribution is -2.33. The summed E-state index contributed by atoms with van der Waals surface area (Å²) in [5, 5.41) is 15.4. The third-order valence-electron chi connectivity index (χ3n) is 6.11. The maximum Gasteiger partial charge on any atom is 0.416 e. The van der Waals surface area contributed by atoms with Crippen LogP contribution in [0.5, 0.6) is 0 Å². The second kappa shape index (κ2) is 10.6. The molecule has 0 unspecified atom stereocenters. The van der Waals surface area contributed by atoms with Gasteiger partial charge < -0.3 is 15.5 Å². The first-order valence-corrected chi connectivity index (χ1v) is 11.7. The summed E-state index contributed by atoms with van der Waals surface area (Å²) < 4.78 is 60.1. The number of ether oxygens (including phenoxy) is 1. The average Bonchev–Trinajstić information content (AvgIpc) is 3.49. The molecule has 2 heterocycles. The van der Waals surface area contributed by atoms with E-state index in [1.807, 2.05) is 0 Å². The van der Waals surface area contributed by atoms with E-state index in [-0.39, 0.29) is 48.4 Å². The van der Waals surface area contributed by atoms with Crippen molar-refractivity contribution in [2.45, 2.75) is 38.6 Å². The van der Waals surface area contributed by atoms with Gasteiger partial charge in [0.05, 0.1) is 36.1 Å². The van der Waals surface area contributed by atoms with Crippen molar-refractivity contribution in [3.05, 3.63) is 71.7 Å². The molecule has 200 valence electrons. The predicted molar refractivity (Wildman–Crippen MR) is 132 cm³/mol. The topological polar surface area (TPSA) is 100 Å². The summed E-state index contributed by atoms with van der Waals surface area (Å²) in [6, 6.07) is 10.1. The molecule has 2 atom stereocenters. The molecule has 8 nitrogen and oxygen atoms in total. The van der Waals surface area contributed by atoms with Gasteiger partial charge >= 0.3 is 12.3 Å². The number of benzene rings is 2. The van der Waals surface area contributed by atoms with E-state index in [0.29, 0.717) is 11.3 Å². The summed E-state index contributed by atoms with van der Waals surface area (Å²) in [5.41, 5.74) is 0.596. The summed E-state index contributed by atoms with van der Waals surface area (Å²) in [4.78, 5) is 24.5. The van der Waals surface area contributed by atoms with Crippen molar-refractivity contribution in [2.75, 3.05) is 18.0 Å². The summed E-state index contributed by atoms with van der Waals surface area (Å²) in [6.45, 7) is 3.43. The number of amides is 2. The van der Waals surface area contributed by atoms with Crippen molar-refractivity contribution in [2.24, 2.45) is 0 Å². The normalized spacial score (nSPS) is 16.3. The van der Waals surface area contributed by atoms with E-state index in [1.54, 1.807) is 23.9 Å². The highest BCUT2D eigenvalue weighted by atomic mass is 19.4. The zero-order valence-electron chi connectivity index (χ0n) is 20.6. The number of aromatic nitrogens is 2. The molecule has 1 aliphatic rings. The fourth-order valence-electron chi connectivity index (χ4n) is 4.08. The molecule has 2 N–H and O–H groups in total. The lowest BCUT2D eigenvalue weighted by atomic mass is 10.0. The number of halogens is 4. The molecule has 0 spiro atoms. The Morgan fingerprint density at radius 1 is 1.21 bits per heavy atom. The van der Waals surface area contributed by atoms with Crippen LogP contribution in [0.2, 0.25) is 0 Å². The number of carbonyl (C=O) groups is 2. The van der Waals surface area contributed by atoms with Crippen LogP contribution in [0.15, 0.2) is 54.7 Å². The molecule has 0 saturated carbocycles. The first kappa shape index (κ1) is 26.8. The number of alkyl halides is 3. The molecule has 3 aromatic rings. The van der Waals surface area contributed by atoms with Gasteiger partial charge in [0.1, 0.15) is 11.9 Å². The Morgan fingerprint density at radius 2 is 1.92 bits per heavy atom. The fourth-order valence-corrected chi connectivity index (χ4v) is 4.08. The molecule has 0 bridgehead atoms. The van der Waals surface area contributed by atoms with Gasteiger partial charge in [-0.3, -0.25) is 14.4 Å². The predicted octanol–water partition coefficient (Wildman–Crippen LogP) is 5.19. The van der Waals surface area contributed by atoms with Gasteiger partial charge in [-0.15, -0.1) is 0 Å². The largest absolute Gasteiger partial charge is 0.442 e. The number of hydrogen-bond donors (Lipinski definition) is 2. The average molecular weight is 532 g/mol. The highest BCUT2D eigenvalue weighted by molar-refractivity contribution is 5.99. The van der Waals surface area contributed by atoms with Crippen LogP contribution in [-0.4, -0.2) is 46.7 Å². The number of nitrogens with zero attached hydrogens (tertiary/aromatic N) is 3. The van der Waals surface area contributed by atoms with Gasteiger partial charge in [-0.2, -0.15) is 18.3 Å². The molecule has 38 heavy (non-hydrogen) atoms. The second-order valence-electron chi connectivity index (χ2n) is 9.01. The minimum atomic E-state index is -4.42. The Kier molecular flexibility index (Phi) is 7.51. The van der Waals surface area contributed by atoms with Gasteiger partial charge in [-0.25, -0.2) is 9.18 Å². The van der Waals surface area contributed by atoms with Crippen LogP contribution in [-0.2, 0) is 15.7 Å². The lowest BCUT2D eigenvalue weighted by molar-refractivity contribution is -0.137. The molecular formula is C26H25F4N5O3. The smallest absolute Gasteiger partial charge is 0.416 e. The van der Waals surface area contributed by atoms with Gasteiger partial charge in [-0.1, -0.05) is 12.1 Å². The van der Waals surface area contributed by atoms with Crippen LogP contribution in [0, 0.1) is 11.2 Å². The van der Waals surface area contributed by atoms with Crippen LogP contribution in [0.25, 0.3) is 11.3 Å². The van der Waals surface area contributed by atoms with Gasteiger partial charge in [0.15, 0.2) is 0 Å². The SMILES string of the molecule is CC(=O)NC[C@H]1CN(c2ccc(C(=N)C[C@@H](C)n3ccc(-c4ccc(C(F)(F)F)cc4)n3)c(F)c2)C(=O)O1. The van der Waals surface area contributed by atoms with E-state index in [9.17, 15) is 27.2 Å². The van der Waals surface area contributed by atoms with Crippen molar-refractivity contribution >= 4 is 23.4 Å². The van der Waals surface area contributed by atoms with Crippen LogP contribution < -0.4 is 10.2 Å². The van der Waals surface area contributed by atoms with Crippen LogP contribution in [0.3, 0.4) is 0 Å². The standard InChI is InChI=1S/C26H25F4N5O3/c1-15(35-10-9-24(33-35)17-3-5-18(6-4-17)26(28,29)30)11-23(31)21-8-7-19(12-22(21)27)34-14-20(38-25(34)37)13-32-16(2)36/h3-10,12,15,20,31H,11,13-14H2,1-2H3,(H,32,36)/t15-,20+/m1/s1. The minimum Gasteiger partial charge on any atom is -0.442 e. The number of hydrogen-bond acceptors (Lipinski definition) is 5. The molecule has 1 fully saturated rings. The van der Waals surface area contributed by atoms with E-state index < -0.39 is 29.8 Å². The Labute approximate surface area is 215 Å². The van der Waals surface area contributed by atoms with E-state index in [2.05, 4.69) is 10.4 Å². The number of rotatable bonds is 8. The molecule has 12 heteroatoms. The van der Waals surface area contributed by atoms with E-state index in [1.165, 1.54) is 36.1 Å². The summed E-state index contributed by atoms with van der Waals surface area (Å²) >= 11 is 0. The number of carbonyl (C=O) groups excluding carboxylic acids is 2. The van der Waals surface area contributed by atoms with Gasteiger partial charge in [0.2, 0.25) is 5.91 Å². The number of nitrogens with one attached hydrogen (secondary N) is 2. The quantitative estimate of drug-likeness (QED) is 0.309. The first-order chi connectivity index (χ1) is 17.9. The Bertz CT molecular complexity index is 1350. The second-order valence-corrected chi connectivity index (χ2v) is 9.01. The molecule has 2 aromatic carbocycles. The summed E-state index contributed by atoms with van der Waals surface area (Å²) in [5.74, 6) is -0.933. The van der Waals surface area contributed by atoms with E-state index in [0.717, 1.165) is 18.2 Å². The molecule has 0 aliphatic carbocycles. The van der Waals surface area contributed by atoms with Crippen LogP contribution >= 0.6 is 0 Å². The van der Waals surface area contributed by atoms with Crippen molar-refractivity contribution in [1.29, 1.82) is 5.41 Å². The monoisotopic (exact) mass is 531 g/mol. The molecule has 1 aromatic heterocycles. The Hall–Kier alpha value is -4.22. The zero-order chi connectivity index (χ0) is 27.6. The number of cyclic esters (lactones) is 1. The molecule has 1 aliphatic heterocycles. The molecule has 2 amide bonds. The molecule has 1 saturated heterocycles. The fraction of sp³-hybridized carbons (Fsp3) is 0.308. The first-order valence-electron chi connectivity index (χ1n) is 11.7. The van der Waals surface area contributed by atoms with Gasteiger partial charge in [-0.05, 0) is 43.3 Å². The maximum absolute atomic E-state index is 14.9. The Morgan fingerprint density at radius 3 is 2.55 bits per heavy atom. The van der Waals surface area contributed by atoms with Gasteiger partial charge in [0, 0.05) is 36.4 Å². The highest BCUT2D eigenvalue weighted by Gasteiger charge is 2.33. The van der Waals surface area contributed by atoms with Crippen LogP contribution in [0.1, 0.15) is 37.4 Å². The lowest BCUT2D eigenvalue weighted by Gasteiger charge is -2.16. The van der Waals surface area contributed by atoms with Crippen molar-refractivity contribution in [1.82, 2.24) is 15.1 Å². The molecular weight excluding hydrogens is 506 g/mol. The van der Waals surface area contributed by atoms with Crippen LogP contribution in [0.4, 0.5) is 28.0 Å². The minimum absolute atomic E-state index is 0.0145. The maximum atomic E-state index is 14.9. The summed E-state index contributed by atoms with van der Waals surface area (Å²) in [6.07, 6.45) is -3.85. The highest BCUT2D eigenvalue weighted by Crippen LogP contribution is 2.31. The van der Waals surface area contributed by atoms with E-state index in [4.69, 9.17) is 10.1 Å². The molecule has 4 rings (SSSR count). The van der Waals surface area contributed by atoms with Crippen molar-refractivity contribution < 1.29 is 31.9 Å². The van der Waals surface area contributed by atoms with Crippen molar-refractivity contribution in [3.8, 4) is 11.3 Å². The van der Waals surface area contributed by atoms with Gasteiger partial charge in [0.25, 0.3) is 0 Å². The summed E-state index contributed by atoms with van der Waals surface area (Å²) in [7, 11) is 0.